The Balaban J connectivity index is 1.84. The Labute approximate surface area is 108 Å². The van der Waals surface area contributed by atoms with Gasteiger partial charge < -0.3 is 10.4 Å². The number of aryl methyl sites for hydroxylation is 1. The zero-order valence-electron chi connectivity index (χ0n) is 9.98. The Morgan fingerprint density at radius 2 is 2.05 bits per heavy atom. The van der Waals surface area contributed by atoms with E-state index in [0.29, 0.717) is 12.2 Å². The Morgan fingerprint density at radius 3 is 2.68 bits per heavy atom. The number of aromatic carboxylic acids is 1. The SMILES string of the molecule is O=C(CCn1cc(C(=O)O)cn1)Nc1ccncc1. The van der Waals surface area contributed by atoms with Crippen molar-refractivity contribution in [1.29, 1.82) is 0 Å². The predicted molar refractivity (Wildman–Crippen MR) is 66.7 cm³/mol. The largest absolute Gasteiger partial charge is 0.478 e. The summed E-state index contributed by atoms with van der Waals surface area (Å²) < 4.78 is 1.43. The van der Waals surface area contributed by atoms with Gasteiger partial charge in [0.1, 0.15) is 0 Å². The highest BCUT2D eigenvalue weighted by Crippen LogP contribution is 2.04. The molecule has 2 N–H and O–H groups in total. The van der Waals surface area contributed by atoms with Crippen LogP contribution in [0.25, 0.3) is 0 Å². The molecule has 98 valence electrons. The summed E-state index contributed by atoms with van der Waals surface area (Å²) in [6.07, 6.45) is 6.03. The van der Waals surface area contributed by atoms with Crippen molar-refractivity contribution in [2.75, 3.05) is 5.32 Å². The normalized spacial score (nSPS) is 10.1. The summed E-state index contributed by atoms with van der Waals surface area (Å²) in [4.78, 5) is 26.1. The van der Waals surface area contributed by atoms with E-state index in [1.807, 2.05) is 0 Å². The van der Waals surface area contributed by atoms with Gasteiger partial charge in [-0.15, -0.1) is 0 Å². The Kier molecular flexibility index (Phi) is 3.87. The second kappa shape index (κ2) is 5.76. The average Bonchev–Trinajstić information content (AvgIpc) is 2.86. The van der Waals surface area contributed by atoms with E-state index in [1.54, 1.807) is 24.5 Å². The molecule has 7 heteroatoms. The van der Waals surface area contributed by atoms with Crippen molar-refractivity contribution in [3.63, 3.8) is 0 Å². The molecule has 0 aliphatic rings. The summed E-state index contributed by atoms with van der Waals surface area (Å²) in [5.41, 5.74) is 0.779. The van der Waals surface area contributed by atoms with Crippen molar-refractivity contribution < 1.29 is 14.7 Å². The summed E-state index contributed by atoms with van der Waals surface area (Å²) in [7, 11) is 0. The molecule has 1 amide bonds. The zero-order valence-corrected chi connectivity index (χ0v) is 9.98. The summed E-state index contributed by atoms with van der Waals surface area (Å²) in [6.45, 7) is 0.324. The van der Waals surface area contributed by atoms with Crippen LogP contribution in [0.2, 0.25) is 0 Å². The van der Waals surface area contributed by atoms with Crippen LogP contribution in [0.3, 0.4) is 0 Å². The number of anilines is 1. The smallest absolute Gasteiger partial charge is 0.338 e. The second-order valence-corrected chi connectivity index (χ2v) is 3.83. The number of pyridine rings is 1. The highest BCUT2D eigenvalue weighted by atomic mass is 16.4. The standard InChI is InChI=1S/C12H12N4O3/c17-11(15-10-1-4-13-5-2-10)3-6-16-8-9(7-14-16)12(18)19/h1-2,4-5,7-8H,3,6H2,(H,18,19)(H,13,15,17). The Hall–Kier alpha value is -2.70. The molecular formula is C12H12N4O3. The average molecular weight is 260 g/mol. The number of carboxylic acid groups (broad SMARTS) is 1. The monoisotopic (exact) mass is 260 g/mol. The van der Waals surface area contributed by atoms with Gasteiger partial charge in [-0.3, -0.25) is 14.5 Å². The van der Waals surface area contributed by atoms with Crippen LogP contribution in [0.5, 0.6) is 0 Å². The maximum absolute atomic E-state index is 11.6. The summed E-state index contributed by atoms with van der Waals surface area (Å²) in [5.74, 6) is -1.20. The summed E-state index contributed by atoms with van der Waals surface area (Å²) in [5, 5.41) is 15.3. The van der Waals surface area contributed by atoms with Gasteiger partial charge in [0.05, 0.1) is 11.8 Å². The van der Waals surface area contributed by atoms with Crippen LogP contribution < -0.4 is 5.32 Å². The highest BCUT2D eigenvalue weighted by Gasteiger charge is 2.07. The summed E-state index contributed by atoms with van der Waals surface area (Å²) in [6, 6.07) is 3.38. The van der Waals surface area contributed by atoms with Gasteiger partial charge in [-0.25, -0.2) is 4.79 Å². The number of carbonyl (C=O) groups is 2. The predicted octanol–water partition coefficient (Wildman–Crippen LogP) is 1.01. The first-order chi connectivity index (χ1) is 9.15. The van der Waals surface area contributed by atoms with Crippen molar-refractivity contribution >= 4 is 17.6 Å². The van der Waals surface area contributed by atoms with Gasteiger partial charge in [-0.1, -0.05) is 0 Å². The Bertz CT molecular complexity index is 580. The van der Waals surface area contributed by atoms with E-state index in [0.717, 1.165) is 0 Å². The van der Waals surface area contributed by atoms with Crippen LogP contribution in [0, 0.1) is 0 Å². The van der Waals surface area contributed by atoms with Crippen molar-refractivity contribution in [2.24, 2.45) is 0 Å². The summed E-state index contributed by atoms with van der Waals surface area (Å²) >= 11 is 0. The molecule has 2 aromatic heterocycles. The molecule has 2 heterocycles. The molecular weight excluding hydrogens is 248 g/mol. The number of carbonyl (C=O) groups excluding carboxylic acids is 1. The first kappa shape index (κ1) is 12.7. The lowest BCUT2D eigenvalue weighted by Gasteiger charge is -2.04. The molecule has 0 aliphatic heterocycles. The minimum Gasteiger partial charge on any atom is -0.478 e. The van der Waals surface area contributed by atoms with Crippen LogP contribution in [0.4, 0.5) is 5.69 Å². The number of rotatable bonds is 5. The van der Waals surface area contributed by atoms with Crippen molar-refractivity contribution in [3.8, 4) is 0 Å². The van der Waals surface area contributed by atoms with Crippen LogP contribution >= 0.6 is 0 Å². The number of hydrogen-bond donors (Lipinski definition) is 2. The zero-order chi connectivity index (χ0) is 13.7. The van der Waals surface area contributed by atoms with Crippen molar-refractivity contribution in [2.45, 2.75) is 13.0 Å². The minimum atomic E-state index is -1.03. The van der Waals surface area contributed by atoms with Gasteiger partial charge in [0.25, 0.3) is 0 Å². The van der Waals surface area contributed by atoms with E-state index in [9.17, 15) is 9.59 Å². The first-order valence-corrected chi connectivity index (χ1v) is 5.61. The second-order valence-electron chi connectivity index (χ2n) is 3.83. The topological polar surface area (TPSA) is 97.1 Å². The third kappa shape index (κ3) is 3.63. The molecule has 0 bridgehead atoms. The van der Waals surface area contributed by atoms with E-state index >= 15 is 0 Å². The fraction of sp³-hybridized carbons (Fsp3) is 0.167. The highest BCUT2D eigenvalue weighted by molar-refractivity contribution is 5.90. The third-order valence-electron chi connectivity index (χ3n) is 2.41. The van der Waals surface area contributed by atoms with Crippen LogP contribution in [0.1, 0.15) is 16.8 Å². The lowest BCUT2D eigenvalue weighted by atomic mass is 10.3. The van der Waals surface area contributed by atoms with Crippen LogP contribution in [0.15, 0.2) is 36.9 Å². The molecule has 0 unspecified atom stereocenters. The van der Waals surface area contributed by atoms with Crippen molar-refractivity contribution in [3.05, 3.63) is 42.5 Å². The molecule has 0 saturated carbocycles. The number of hydrogen-bond acceptors (Lipinski definition) is 4. The number of aromatic nitrogens is 3. The van der Waals surface area contributed by atoms with Crippen molar-refractivity contribution in [1.82, 2.24) is 14.8 Å². The fourth-order valence-corrected chi connectivity index (χ4v) is 1.47. The van der Waals surface area contributed by atoms with Gasteiger partial charge in [0.15, 0.2) is 0 Å². The van der Waals surface area contributed by atoms with Crippen LogP contribution in [-0.4, -0.2) is 31.7 Å². The molecule has 2 aromatic rings. The third-order valence-corrected chi connectivity index (χ3v) is 2.41. The molecule has 0 radical (unpaired) electrons. The molecule has 0 atom stereocenters. The van der Waals surface area contributed by atoms with E-state index in [2.05, 4.69) is 15.4 Å². The first-order valence-electron chi connectivity index (χ1n) is 5.61. The van der Waals surface area contributed by atoms with E-state index in [4.69, 9.17) is 5.11 Å². The van der Waals surface area contributed by atoms with E-state index in [-0.39, 0.29) is 17.9 Å². The molecule has 0 fully saturated rings. The quantitative estimate of drug-likeness (QED) is 0.836. The molecule has 0 aliphatic carbocycles. The fourth-order valence-electron chi connectivity index (χ4n) is 1.47. The lowest BCUT2D eigenvalue weighted by molar-refractivity contribution is -0.116. The van der Waals surface area contributed by atoms with Gasteiger partial charge in [0, 0.05) is 37.2 Å². The lowest BCUT2D eigenvalue weighted by Crippen LogP contribution is -2.14. The van der Waals surface area contributed by atoms with Gasteiger partial charge in [0.2, 0.25) is 5.91 Å². The minimum absolute atomic E-state index is 0.106. The van der Waals surface area contributed by atoms with Gasteiger partial charge in [-0.05, 0) is 12.1 Å². The maximum atomic E-state index is 11.6. The molecule has 0 saturated heterocycles. The number of nitrogens with one attached hydrogen (secondary N) is 1. The molecule has 19 heavy (non-hydrogen) atoms. The van der Waals surface area contributed by atoms with E-state index < -0.39 is 5.97 Å². The molecule has 7 nitrogen and oxygen atoms in total. The number of nitrogens with zero attached hydrogens (tertiary/aromatic N) is 3. The van der Waals surface area contributed by atoms with Crippen LogP contribution in [-0.2, 0) is 11.3 Å². The maximum Gasteiger partial charge on any atom is 0.338 e. The number of carboxylic acids is 1. The molecule has 0 aromatic carbocycles. The van der Waals surface area contributed by atoms with Gasteiger partial charge in [-0.2, -0.15) is 5.10 Å². The van der Waals surface area contributed by atoms with E-state index in [1.165, 1.54) is 17.1 Å². The number of amides is 1. The Morgan fingerprint density at radius 1 is 1.32 bits per heavy atom. The molecule has 0 spiro atoms. The van der Waals surface area contributed by atoms with Gasteiger partial charge >= 0.3 is 5.97 Å². The molecule has 2 rings (SSSR count).